The summed E-state index contributed by atoms with van der Waals surface area (Å²) in [6, 6.07) is 9.55. The summed E-state index contributed by atoms with van der Waals surface area (Å²) in [5, 5.41) is 6.01. The van der Waals surface area contributed by atoms with E-state index in [1.165, 1.54) is 0 Å². The Balaban J connectivity index is 1.29. The van der Waals surface area contributed by atoms with E-state index in [-0.39, 0.29) is 11.8 Å². The standard InChI is InChI=1S/C17H12N4O2S2/c22-17(10-3-4-12-14(6-10)25-9-18-12)21-7-11(8-21)16-19-15(20-23-16)13-2-1-5-24-13/h1-6,9,11H,7-8H2. The normalized spacial score (nSPS) is 14.8. The maximum absolute atomic E-state index is 12.6. The van der Waals surface area contributed by atoms with E-state index in [0.717, 1.165) is 15.1 Å². The number of thiophene rings is 1. The molecule has 0 saturated carbocycles. The van der Waals surface area contributed by atoms with Crippen LogP contribution in [0.4, 0.5) is 0 Å². The monoisotopic (exact) mass is 368 g/mol. The summed E-state index contributed by atoms with van der Waals surface area (Å²) in [7, 11) is 0. The zero-order chi connectivity index (χ0) is 16.8. The first-order chi connectivity index (χ1) is 12.3. The van der Waals surface area contributed by atoms with Gasteiger partial charge in [0.05, 0.1) is 26.5 Å². The SMILES string of the molecule is O=C(c1ccc2ncsc2c1)N1CC(c2nc(-c3cccs3)no2)C1. The summed E-state index contributed by atoms with van der Waals surface area (Å²) in [5.74, 6) is 1.36. The molecule has 5 rings (SSSR count). The molecule has 0 bridgehead atoms. The molecule has 1 saturated heterocycles. The van der Waals surface area contributed by atoms with Gasteiger partial charge in [0.15, 0.2) is 0 Å². The summed E-state index contributed by atoms with van der Waals surface area (Å²) in [6.45, 7) is 1.21. The Kier molecular flexibility index (Phi) is 3.39. The van der Waals surface area contributed by atoms with Crippen molar-refractivity contribution in [2.24, 2.45) is 0 Å². The van der Waals surface area contributed by atoms with Gasteiger partial charge >= 0.3 is 0 Å². The van der Waals surface area contributed by atoms with E-state index in [2.05, 4.69) is 15.1 Å². The highest BCUT2D eigenvalue weighted by molar-refractivity contribution is 7.16. The van der Waals surface area contributed by atoms with Crippen LogP contribution in [0.25, 0.3) is 20.9 Å². The van der Waals surface area contributed by atoms with Crippen LogP contribution in [0.15, 0.2) is 45.7 Å². The molecule has 124 valence electrons. The van der Waals surface area contributed by atoms with Crippen molar-refractivity contribution in [3.8, 4) is 10.7 Å². The number of carbonyl (C=O) groups excluding carboxylic acids is 1. The Labute approximate surface area is 150 Å². The number of aromatic nitrogens is 3. The smallest absolute Gasteiger partial charge is 0.253 e. The highest BCUT2D eigenvalue weighted by Gasteiger charge is 2.36. The topological polar surface area (TPSA) is 72.1 Å². The van der Waals surface area contributed by atoms with Gasteiger partial charge in [0, 0.05) is 18.7 Å². The molecule has 0 atom stereocenters. The Bertz CT molecular complexity index is 1050. The zero-order valence-electron chi connectivity index (χ0n) is 13.0. The van der Waals surface area contributed by atoms with Gasteiger partial charge < -0.3 is 9.42 Å². The first-order valence-electron chi connectivity index (χ1n) is 7.78. The first-order valence-corrected chi connectivity index (χ1v) is 9.54. The minimum Gasteiger partial charge on any atom is -0.339 e. The van der Waals surface area contributed by atoms with Crippen molar-refractivity contribution < 1.29 is 9.32 Å². The van der Waals surface area contributed by atoms with Crippen LogP contribution in [0.5, 0.6) is 0 Å². The van der Waals surface area contributed by atoms with Crippen molar-refractivity contribution in [2.45, 2.75) is 5.92 Å². The second kappa shape index (κ2) is 5.75. The van der Waals surface area contributed by atoms with Gasteiger partial charge in [0.25, 0.3) is 5.91 Å². The molecule has 8 heteroatoms. The number of carbonyl (C=O) groups is 1. The summed E-state index contributed by atoms with van der Waals surface area (Å²) in [6.07, 6.45) is 0. The molecule has 6 nitrogen and oxygen atoms in total. The molecule has 1 aliphatic rings. The van der Waals surface area contributed by atoms with E-state index < -0.39 is 0 Å². The first kappa shape index (κ1) is 14.7. The Hall–Kier alpha value is -2.58. The van der Waals surface area contributed by atoms with Crippen LogP contribution < -0.4 is 0 Å². The predicted octanol–water partition coefficient (Wildman–Crippen LogP) is 3.65. The number of benzene rings is 1. The van der Waals surface area contributed by atoms with E-state index in [0.29, 0.717) is 30.4 Å². The Morgan fingerprint density at radius 1 is 1.24 bits per heavy atom. The highest BCUT2D eigenvalue weighted by atomic mass is 32.1. The molecule has 25 heavy (non-hydrogen) atoms. The van der Waals surface area contributed by atoms with Crippen LogP contribution in [0.3, 0.4) is 0 Å². The largest absolute Gasteiger partial charge is 0.339 e. The number of hydrogen-bond acceptors (Lipinski definition) is 7. The van der Waals surface area contributed by atoms with Gasteiger partial charge in [0.2, 0.25) is 11.7 Å². The van der Waals surface area contributed by atoms with Gasteiger partial charge in [-0.3, -0.25) is 4.79 Å². The molecule has 1 fully saturated rings. The molecule has 3 aromatic heterocycles. The van der Waals surface area contributed by atoms with Crippen LogP contribution in [0, 0.1) is 0 Å². The minimum absolute atomic E-state index is 0.0320. The van der Waals surface area contributed by atoms with Gasteiger partial charge in [-0.15, -0.1) is 22.7 Å². The van der Waals surface area contributed by atoms with Crippen LogP contribution in [-0.4, -0.2) is 39.0 Å². The van der Waals surface area contributed by atoms with Crippen molar-refractivity contribution >= 4 is 38.8 Å². The number of likely N-dealkylation sites (tertiary alicyclic amines) is 1. The third-order valence-electron chi connectivity index (χ3n) is 4.28. The fourth-order valence-electron chi connectivity index (χ4n) is 2.88. The number of fused-ring (bicyclic) bond motifs is 1. The highest BCUT2D eigenvalue weighted by Crippen LogP contribution is 2.30. The molecule has 0 radical (unpaired) electrons. The lowest BCUT2D eigenvalue weighted by molar-refractivity contribution is 0.0569. The van der Waals surface area contributed by atoms with E-state index in [1.54, 1.807) is 28.2 Å². The molecule has 0 aliphatic carbocycles. The van der Waals surface area contributed by atoms with Crippen molar-refractivity contribution in [3.05, 3.63) is 52.7 Å². The third kappa shape index (κ3) is 2.54. The molecule has 0 unspecified atom stereocenters. The minimum atomic E-state index is 0.0320. The molecular weight excluding hydrogens is 356 g/mol. The second-order valence-electron chi connectivity index (χ2n) is 5.88. The number of thiazole rings is 1. The molecule has 0 spiro atoms. The predicted molar refractivity (Wildman–Crippen MR) is 95.9 cm³/mol. The van der Waals surface area contributed by atoms with E-state index in [9.17, 15) is 4.79 Å². The summed E-state index contributed by atoms with van der Waals surface area (Å²) < 4.78 is 6.40. The van der Waals surface area contributed by atoms with Gasteiger partial charge in [-0.25, -0.2) is 4.98 Å². The fraction of sp³-hybridized carbons (Fsp3) is 0.176. The molecular formula is C17H12N4O2S2. The summed E-state index contributed by atoms with van der Waals surface area (Å²) >= 11 is 3.12. The van der Waals surface area contributed by atoms with Crippen LogP contribution >= 0.6 is 22.7 Å². The molecule has 1 aliphatic heterocycles. The summed E-state index contributed by atoms with van der Waals surface area (Å²) in [4.78, 5) is 24.1. The zero-order valence-corrected chi connectivity index (χ0v) is 14.6. The Morgan fingerprint density at radius 3 is 3.00 bits per heavy atom. The van der Waals surface area contributed by atoms with Crippen LogP contribution in [0.1, 0.15) is 22.2 Å². The molecule has 4 aromatic rings. The van der Waals surface area contributed by atoms with E-state index >= 15 is 0 Å². The van der Waals surface area contributed by atoms with Crippen LogP contribution in [-0.2, 0) is 0 Å². The van der Waals surface area contributed by atoms with Crippen molar-refractivity contribution in [1.29, 1.82) is 0 Å². The number of nitrogens with zero attached hydrogens (tertiary/aromatic N) is 4. The maximum atomic E-state index is 12.6. The lowest BCUT2D eigenvalue weighted by atomic mass is 9.98. The van der Waals surface area contributed by atoms with Gasteiger partial charge in [0.1, 0.15) is 0 Å². The second-order valence-corrected chi connectivity index (χ2v) is 7.71. The number of hydrogen-bond donors (Lipinski definition) is 0. The fourth-order valence-corrected chi connectivity index (χ4v) is 4.24. The van der Waals surface area contributed by atoms with Crippen molar-refractivity contribution in [1.82, 2.24) is 20.0 Å². The van der Waals surface area contributed by atoms with Crippen molar-refractivity contribution in [2.75, 3.05) is 13.1 Å². The number of amides is 1. The molecule has 0 N–H and O–H groups in total. The number of rotatable bonds is 3. The summed E-state index contributed by atoms with van der Waals surface area (Å²) in [5.41, 5.74) is 3.41. The lowest BCUT2D eigenvalue weighted by Crippen LogP contribution is -2.48. The van der Waals surface area contributed by atoms with E-state index in [1.807, 2.05) is 40.6 Å². The molecule has 4 heterocycles. The van der Waals surface area contributed by atoms with Crippen molar-refractivity contribution in [3.63, 3.8) is 0 Å². The van der Waals surface area contributed by atoms with E-state index in [4.69, 9.17) is 4.52 Å². The maximum Gasteiger partial charge on any atom is 0.253 e. The third-order valence-corrected chi connectivity index (χ3v) is 5.94. The quantitative estimate of drug-likeness (QED) is 0.552. The van der Waals surface area contributed by atoms with Crippen LogP contribution in [0.2, 0.25) is 0 Å². The average Bonchev–Trinajstić information content (AvgIpc) is 3.33. The average molecular weight is 368 g/mol. The Morgan fingerprint density at radius 2 is 2.16 bits per heavy atom. The lowest BCUT2D eigenvalue weighted by Gasteiger charge is -2.37. The van der Waals surface area contributed by atoms with Gasteiger partial charge in [-0.2, -0.15) is 4.98 Å². The molecule has 1 amide bonds. The van der Waals surface area contributed by atoms with Gasteiger partial charge in [-0.05, 0) is 29.6 Å². The molecule has 1 aromatic carbocycles. The van der Waals surface area contributed by atoms with Gasteiger partial charge in [-0.1, -0.05) is 11.2 Å².